The maximum atomic E-state index is 12.9. The molecular weight excluding hydrogens is 380 g/mol. The van der Waals surface area contributed by atoms with Crippen LogP contribution in [0, 0.1) is 27.7 Å². The summed E-state index contributed by atoms with van der Waals surface area (Å²) in [5.41, 5.74) is 4.51. The molecule has 6 nitrogen and oxygen atoms in total. The molecule has 0 aliphatic carbocycles. The van der Waals surface area contributed by atoms with Gasteiger partial charge in [-0.25, -0.2) is 18.2 Å². The fourth-order valence-electron chi connectivity index (χ4n) is 2.84. The summed E-state index contributed by atoms with van der Waals surface area (Å²) in [5.74, 6) is 0.823. The second-order valence-corrected chi connectivity index (χ2v) is 9.00. The number of benzene rings is 2. The van der Waals surface area contributed by atoms with Crippen LogP contribution in [0.25, 0.3) is 0 Å². The SMILES string of the molecule is Cc1cc(C)c(C)c(S(=O)(=O)Nc2nc(SCc3ccccc3)n[nH]2)c1C. The largest absolute Gasteiger partial charge is 0.264 e. The van der Waals surface area contributed by atoms with Crippen LogP contribution in [0.2, 0.25) is 0 Å². The van der Waals surface area contributed by atoms with Gasteiger partial charge in [0.1, 0.15) is 0 Å². The molecule has 2 aromatic carbocycles. The van der Waals surface area contributed by atoms with Gasteiger partial charge in [-0.2, -0.15) is 4.98 Å². The summed E-state index contributed by atoms with van der Waals surface area (Å²) in [6, 6.07) is 12.0. The molecule has 0 bridgehead atoms. The molecule has 1 heterocycles. The highest BCUT2D eigenvalue weighted by Gasteiger charge is 2.23. The van der Waals surface area contributed by atoms with Crippen LogP contribution >= 0.6 is 11.8 Å². The molecule has 142 valence electrons. The number of rotatable bonds is 6. The fourth-order valence-corrected chi connectivity index (χ4v) is 5.17. The molecule has 0 atom stereocenters. The Hall–Kier alpha value is -2.32. The molecule has 0 spiro atoms. The summed E-state index contributed by atoms with van der Waals surface area (Å²) in [6.45, 7) is 7.46. The van der Waals surface area contributed by atoms with Crippen molar-refractivity contribution >= 4 is 27.7 Å². The highest BCUT2D eigenvalue weighted by Crippen LogP contribution is 2.27. The summed E-state index contributed by atoms with van der Waals surface area (Å²) in [4.78, 5) is 4.55. The lowest BCUT2D eigenvalue weighted by Gasteiger charge is -2.15. The smallest absolute Gasteiger partial charge is 0.248 e. The fraction of sp³-hybridized carbons (Fsp3) is 0.263. The molecule has 3 rings (SSSR count). The third-order valence-corrected chi connectivity index (χ3v) is 7.00. The van der Waals surface area contributed by atoms with Crippen molar-refractivity contribution in [3.05, 3.63) is 64.2 Å². The second-order valence-electron chi connectivity index (χ2n) is 6.44. The first-order valence-corrected chi connectivity index (χ1v) is 10.9. The van der Waals surface area contributed by atoms with Crippen molar-refractivity contribution in [2.45, 2.75) is 43.5 Å². The molecule has 0 fully saturated rings. The molecule has 0 aliphatic rings. The lowest BCUT2D eigenvalue weighted by atomic mass is 10.0. The van der Waals surface area contributed by atoms with E-state index in [2.05, 4.69) is 19.9 Å². The Morgan fingerprint density at radius 1 is 1.04 bits per heavy atom. The second kappa shape index (κ2) is 7.74. The van der Waals surface area contributed by atoms with Gasteiger partial charge in [-0.05, 0) is 55.5 Å². The standard InChI is InChI=1S/C19H22N4O2S2/c1-12-10-13(2)15(4)17(14(12)3)27(24,25)23-18-20-19(22-21-18)26-11-16-8-6-5-7-9-16/h5-10H,11H2,1-4H3,(H2,20,21,22,23). The Labute approximate surface area is 163 Å². The minimum Gasteiger partial charge on any atom is -0.248 e. The van der Waals surface area contributed by atoms with Crippen molar-refractivity contribution in [1.82, 2.24) is 15.2 Å². The van der Waals surface area contributed by atoms with Crippen LogP contribution in [0.1, 0.15) is 27.8 Å². The van der Waals surface area contributed by atoms with Crippen LogP contribution in [0.4, 0.5) is 5.95 Å². The van der Waals surface area contributed by atoms with E-state index in [1.807, 2.05) is 64.1 Å². The molecular formula is C19H22N4O2S2. The van der Waals surface area contributed by atoms with E-state index >= 15 is 0 Å². The lowest BCUT2D eigenvalue weighted by molar-refractivity contribution is 0.599. The average molecular weight is 403 g/mol. The number of thioether (sulfide) groups is 1. The first-order valence-electron chi connectivity index (χ1n) is 8.47. The van der Waals surface area contributed by atoms with E-state index < -0.39 is 10.0 Å². The van der Waals surface area contributed by atoms with Crippen LogP contribution in [0.15, 0.2) is 46.5 Å². The van der Waals surface area contributed by atoms with Crippen LogP contribution in [-0.4, -0.2) is 23.6 Å². The van der Waals surface area contributed by atoms with Gasteiger partial charge in [0.15, 0.2) is 0 Å². The van der Waals surface area contributed by atoms with Crippen molar-refractivity contribution in [3.63, 3.8) is 0 Å². The van der Waals surface area contributed by atoms with E-state index in [1.54, 1.807) is 0 Å². The van der Waals surface area contributed by atoms with Gasteiger partial charge in [-0.3, -0.25) is 0 Å². The number of hydrogen-bond donors (Lipinski definition) is 2. The number of nitrogens with zero attached hydrogens (tertiary/aromatic N) is 2. The normalized spacial score (nSPS) is 11.6. The summed E-state index contributed by atoms with van der Waals surface area (Å²) in [7, 11) is -3.77. The first-order chi connectivity index (χ1) is 12.8. The predicted octanol–water partition coefficient (Wildman–Crippen LogP) is 4.13. The van der Waals surface area contributed by atoms with Crippen molar-refractivity contribution in [2.24, 2.45) is 0 Å². The Balaban J connectivity index is 1.79. The van der Waals surface area contributed by atoms with Gasteiger partial charge >= 0.3 is 0 Å². The average Bonchev–Trinajstić information content (AvgIpc) is 3.06. The van der Waals surface area contributed by atoms with Gasteiger partial charge in [0, 0.05) is 5.75 Å². The van der Waals surface area contributed by atoms with Crippen molar-refractivity contribution in [3.8, 4) is 0 Å². The Morgan fingerprint density at radius 2 is 1.67 bits per heavy atom. The molecule has 0 amide bonds. The minimum absolute atomic E-state index is 0.114. The van der Waals surface area contributed by atoms with Gasteiger partial charge < -0.3 is 0 Å². The lowest BCUT2D eigenvalue weighted by Crippen LogP contribution is -2.17. The molecule has 0 saturated heterocycles. The summed E-state index contributed by atoms with van der Waals surface area (Å²) >= 11 is 1.44. The van der Waals surface area contributed by atoms with Crippen LogP contribution in [-0.2, 0) is 15.8 Å². The predicted molar refractivity (Wildman–Crippen MR) is 109 cm³/mol. The highest BCUT2D eigenvalue weighted by atomic mass is 32.2. The molecule has 0 aliphatic heterocycles. The third-order valence-electron chi connectivity index (χ3n) is 4.47. The summed E-state index contributed by atoms with van der Waals surface area (Å²) < 4.78 is 28.4. The van der Waals surface area contributed by atoms with E-state index in [-0.39, 0.29) is 5.95 Å². The van der Waals surface area contributed by atoms with Gasteiger partial charge in [-0.1, -0.05) is 48.2 Å². The van der Waals surface area contributed by atoms with Gasteiger partial charge in [0.25, 0.3) is 10.0 Å². The van der Waals surface area contributed by atoms with Gasteiger partial charge in [0.05, 0.1) is 4.90 Å². The van der Waals surface area contributed by atoms with E-state index in [1.165, 1.54) is 11.8 Å². The molecule has 2 N–H and O–H groups in total. The van der Waals surface area contributed by atoms with Crippen LogP contribution < -0.4 is 4.72 Å². The molecule has 27 heavy (non-hydrogen) atoms. The van der Waals surface area contributed by atoms with E-state index in [9.17, 15) is 8.42 Å². The molecule has 1 aromatic heterocycles. The molecule has 8 heteroatoms. The number of nitrogens with one attached hydrogen (secondary N) is 2. The number of aromatic amines is 1. The highest BCUT2D eigenvalue weighted by molar-refractivity contribution is 7.98. The molecule has 0 unspecified atom stereocenters. The third kappa shape index (κ3) is 4.33. The Kier molecular flexibility index (Phi) is 5.57. The number of anilines is 1. The quantitative estimate of drug-likeness (QED) is 0.605. The molecule has 0 radical (unpaired) electrons. The number of hydrogen-bond acceptors (Lipinski definition) is 5. The van der Waals surface area contributed by atoms with Crippen molar-refractivity contribution < 1.29 is 8.42 Å². The minimum atomic E-state index is -3.77. The van der Waals surface area contributed by atoms with E-state index in [4.69, 9.17) is 0 Å². The maximum absolute atomic E-state index is 12.9. The molecule has 3 aromatic rings. The Morgan fingerprint density at radius 3 is 2.30 bits per heavy atom. The maximum Gasteiger partial charge on any atom is 0.264 e. The summed E-state index contributed by atoms with van der Waals surface area (Å²) in [5, 5.41) is 7.24. The van der Waals surface area contributed by atoms with E-state index in [0.29, 0.717) is 15.8 Å². The van der Waals surface area contributed by atoms with Crippen LogP contribution in [0.5, 0.6) is 0 Å². The zero-order valence-corrected chi connectivity index (χ0v) is 17.3. The zero-order chi connectivity index (χ0) is 19.6. The zero-order valence-electron chi connectivity index (χ0n) is 15.7. The number of sulfonamides is 1. The van der Waals surface area contributed by atoms with Gasteiger partial charge in [-0.15, -0.1) is 5.10 Å². The number of aryl methyl sites for hydroxylation is 2. The van der Waals surface area contributed by atoms with Gasteiger partial charge in [0.2, 0.25) is 11.1 Å². The van der Waals surface area contributed by atoms with Crippen molar-refractivity contribution in [2.75, 3.05) is 4.72 Å². The molecule has 0 saturated carbocycles. The topological polar surface area (TPSA) is 87.7 Å². The van der Waals surface area contributed by atoms with Crippen LogP contribution in [0.3, 0.4) is 0 Å². The Bertz CT molecular complexity index is 1030. The first kappa shape index (κ1) is 19.4. The van der Waals surface area contributed by atoms with Crippen molar-refractivity contribution in [1.29, 1.82) is 0 Å². The monoisotopic (exact) mass is 402 g/mol. The number of H-pyrrole nitrogens is 1. The van der Waals surface area contributed by atoms with E-state index in [0.717, 1.165) is 27.8 Å². The number of aromatic nitrogens is 3. The summed E-state index contributed by atoms with van der Waals surface area (Å²) in [6.07, 6.45) is 0.